The van der Waals surface area contributed by atoms with Crippen LogP contribution < -0.4 is 11.5 Å². The Bertz CT molecular complexity index is 606. The molecule has 1 aromatic carbocycles. The summed E-state index contributed by atoms with van der Waals surface area (Å²) in [6, 6.07) is 7.05. The van der Waals surface area contributed by atoms with Crippen LogP contribution in [0.2, 0.25) is 5.02 Å². The number of carbonyl (C=O) groups excluding carboxylic acids is 1. The second kappa shape index (κ2) is 5.42. The molecular weight excluding hydrogens is 264 g/mol. The van der Waals surface area contributed by atoms with Crippen molar-refractivity contribution in [3.8, 4) is 5.69 Å². The van der Waals surface area contributed by atoms with E-state index in [9.17, 15) is 4.79 Å². The molecule has 1 aromatic heterocycles. The third-order valence-electron chi connectivity index (χ3n) is 2.67. The van der Waals surface area contributed by atoms with Crippen molar-refractivity contribution in [3.05, 3.63) is 46.7 Å². The summed E-state index contributed by atoms with van der Waals surface area (Å²) in [6.07, 6.45) is 2.36. The molecule has 5 nitrogen and oxygen atoms in total. The van der Waals surface area contributed by atoms with Crippen molar-refractivity contribution in [2.24, 2.45) is 11.5 Å². The zero-order chi connectivity index (χ0) is 14.0. The molecule has 0 bridgehead atoms. The molecule has 0 spiro atoms. The highest BCUT2D eigenvalue weighted by molar-refractivity contribution is 6.30. The van der Waals surface area contributed by atoms with Gasteiger partial charge in [0.25, 0.3) is 5.91 Å². The van der Waals surface area contributed by atoms with Gasteiger partial charge in [0.05, 0.1) is 5.69 Å². The zero-order valence-electron chi connectivity index (χ0n) is 10.5. The van der Waals surface area contributed by atoms with E-state index >= 15 is 0 Å². The fraction of sp³-hybridized carbons (Fsp3) is 0.231. The molecule has 0 fully saturated rings. The lowest BCUT2D eigenvalue weighted by Crippen LogP contribution is -2.19. The minimum atomic E-state index is -0.554. The van der Waals surface area contributed by atoms with E-state index in [2.05, 4.69) is 5.10 Å². The molecule has 19 heavy (non-hydrogen) atoms. The van der Waals surface area contributed by atoms with Gasteiger partial charge < -0.3 is 11.5 Å². The fourth-order valence-electron chi connectivity index (χ4n) is 1.88. The van der Waals surface area contributed by atoms with Gasteiger partial charge in [-0.1, -0.05) is 11.6 Å². The number of amides is 1. The van der Waals surface area contributed by atoms with Crippen molar-refractivity contribution in [2.75, 3.05) is 0 Å². The zero-order valence-corrected chi connectivity index (χ0v) is 11.3. The molecule has 0 aliphatic rings. The third kappa shape index (κ3) is 3.13. The summed E-state index contributed by atoms with van der Waals surface area (Å²) in [7, 11) is 0. The molecule has 1 heterocycles. The summed E-state index contributed by atoms with van der Waals surface area (Å²) in [4.78, 5) is 11.1. The van der Waals surface area contributed by atoms with E-state index in [1.165, 1.54) is 0 Å². The Hall–Kier alpha value is -1.85. The summed E-state index contributed by atoms with van der Waals surface area (Å²) in [5.41, 5.74) is 13.1. The largest absolute Gasteiger partial charge is 0.364 e. The molecule has 2 aromatic rings. The number of nitrogens with zero attached hydrogens (tertiary/aromatic N) is 2. The SMILES string of the molecule is CC(N)Cc1cc(Cl)ccc1-n1ccc(C(N)=O)n1. The van der Waals surface area contributed by atoms with Gasteiger partial charge in [0.2, 0.25) is 0 Å². The lowest BCUT2D eigenvalue weighted by molar-refractivity contribution is 0.0995. The summed E-state index contributed by atoms with van der Waals surface area (Å²) < 4.78 is 1.61. The Balaban J connectivity index is 2.45. The van der Waals surface area contributed by atoms with Crippen molar-refractivity contribution in [2.45, 2.75) is 19.4 Å². The smallest absolute Gasteiger partial charge is 0.269 e. The van der Waals surface area contributed by atoms with Crippen LogP contribution in [0.4, 0.5) is 0 Å². The van der Waals surface area contributed by atoms with Crippen LogP contribution >= 0.6 is 11.6 Å². The number of hydrogen-bond donors (Lipinski definition) is 2. The highest BCUT2D eigenvalue weighted by Gasteiger charge is 2.11. The number of hydrogen-bond acceptors (Lipinski definition) is 3. The number of aromatic nitrogens is 2. The molecule has 2 rings (SSSR count). The molecule has 1 amide bonds. The van der Waals surface area contributed by atoms with Crippen LogP contribution in [0.25, 0.3) is 5.69 Å². The van der Waals surface area contributed by atoms with Gasteiger partial charge in [0, 0.05) is 17.3 Å². The normalized spacial score (nSPS) is 12.4. The Labute approximate surface area is 116 Å². The highest BCUT2D eigenvalue weighted by atomic mass is 35.5. The molecular formula is C13H15ClN4O. The average Bonchev–Trinajstić information content (AvgIpc) is 2.77. The van der Waals surface area contributed by atoms with Crippen LogP contribution in [0.1, 0.15) is 23.0 Å². The first-order chi connectivity index (χ1) is 8.97. The maximum absolute atomic E-state index is 11.1. The van der Waals surface area contributed by atoms with Crippen LogP contribution in [0.5, 0.6) is 0 Å². The van der Waals surface area contributed by atoms with Gasteiger partial charge in [-0.3, -0.25) is 4.79 Å². The van der Waals surface area contributed by atoms with E-state index in [4.69, 9.17) is 23.1 Å². The first kappa shape index (κ1) is 13.6. The molecule has 0 saturated carbocycles. The number of primary amides is 1. The van der Waals surface area contributed by atoms with Gasteiger partial charge in [0.15, 0.2) is 0 Å². The topological polar surface area (TPSA) is 86.9 Å². The highest BCUT2D eigenvalue weighted by Crippen LogP contribution is 2.20. The lowest BCUT2D eigenvalue weighted by Gasteiger charge is -2.12. The van der Waals surface area contributed by atoms with Crippen LogP contribution in [-0.2, 0) is 6.42 Å². The van der Waals surface area contributed by atoms with Gasteiger partial charge in [-0.15, -0.1) is 0 Å². The molecule has 0 aliphatic carbocycles. The molecule has 1 atom stereocenters. The summed E-state index contributed by atoms with van der Waals surface area (Å²) in [6.45, 7) is 1.92. The Kier molecular flexibility index (Phi) is 3.87. The summed E-state index contributed by atoms with van der Waals surface area (Å²) in [5.74, 6) is -0.554. The maximum atomic E-state index is 11.1. The lowest BCUT2D eigenvalue weighted by atomic mass is 10.1. The van der Waals surface area contributed by atoms with E-state index in [0.717, 1.165) is 11.3 Å². The number of carbonyl (C=O) groups is 1. The van der Waals surface area contributed by atoms with Crippen molar-refractivity contribution in [1.29, 1.82) is 0 Å². The van der Waals surface area contributed by atoms with Crippen LogP contribution in [-0.4, -0.2) is 21.7 Å². The van der Waals surface area contributed by atoms with Gasteiger partial charge in [-0.05, 0) is 43.2 Å². The molecule has 4 N–H and O–H groups in total. The van der Waals surface area contributed by atoms with E-state index in [0.29, 0.717) is 11.4 Å². The predicted octanol–water partition coefficient (Wildman–Crippen LogP) is 1.51. The van der Waals surface area contributed by atoms with Crippen LogP contribution in [0, 0.1) is 0 Å². The van der Waals surface area contributed by atoms with Gasteiger partial charge in [-0.2, -0.15) is 5.10 Å². The number of benzene rings is 1. The second-order valence-corrected chi connectivity index (χ2v) is 4.90. The van der Waals surface area contributed by atoms with Gasteiger partial charge in [-0.25, -0.2) is 4.68 Å². The third-order valence-corrected chi connectivity index (χ3v) is 2.91. The first-order valence-corrected chi connectivity index (χ1v) is 6.25. The molecule has 0 saturated heterocycles. The molecule has 1 unspecified atom stereocenters. The number of nitrogens with two attached hydrogens (primary N) is 2. The minimum Gasteiger partial charge on any atom is -0.364 e. The van der Waals surface area contributed by atoms with Crippen molar-refractivity contribution >= 4 is 17.5 Å². The first-order valence-electron chi connectivity index (χ1n) is 5.87. The fourth-order valence-corrected chi connectivity index (χ4v) is 2.07. The monoisotopic (exact) mass is 278 g/mol. The number of halogens is 1. The molecule has 100 valence electrons. The Morgan fingerprint density at radius 1 is 1.47 bits per heavy atom. The maximum Gasteiger partial charge on any atom is 0.269 e. The van der Waals surface area contributed by atoms with Crippen molar-refractivity contribution in [1.82, 2.24) is 9.78 Å². The second-order valence-electron chi connectivity index (χ2n) is 4.46. The van der Waals surface area contributed by atoms with E-state index in [1.807, 2.05) is 19.1 Å². The van der Waals surface area contributed by atoms with Crippen molar-refractivity contribution < 1.29 is 4.79 Å². The van der Waals surface area contributed by atoms with Crippen molar-refractivity contribution in [3.63, 3.8) is 0 Å². The summed E-state index contributed by atoms with van der Waals surface area (Å²) >= 11 is 6.00. The van der Waals surface area contributed by atoms with Crippen LogP contribution in [0.15, 0.2) is 30.5 Å². The average molecular weight is 279 g/mol. The summed E-state index contributed by atoms with van der Waals surface area (Å²) in [5, 5.41) is 4.78. The molecule has 6 heteroatoms. The number of rotatable bonds is 4. The van der Waals surface area contributed by atoms with E-state index in [1.54, 1.807) is 23.0 Å². The molecule has 0 aliphatic heterocycles. The van der Waals surface area contributed by atoms with E-state index in [-0.39, 0.29) is 11.7 Å². The predicted molar refractivity (Wildman–Crippen MR) is 74.4 cm³/mol. The van der Waals surface area contributed by atoms with E-state index < -0.39 is 5.91 Å². The quantitative estimate of drug-likeness (QED) is 0.889. The Morgan fingerprint density at radius 3 is 2.79 bits per heavy atom. The van der Waals surface area contributed by atoms with Crippen LogP contribution in [0.3, 0.4) is 0 Å². The molecule has 0 radical (unpaired) electrons. The van der Waals surface area contributed by atoms with Gasteiger partial charge >= 0.3 is 0 Å². The van der Waals surface area contributed by atoms with Gasteiger partial charge in [0.1, 0.15) is 5.69 Å². The Morgan fingerprint density at radius 2 is 2.21 bits per heavy atom. The standard InChI is InChI=1S/C13H15ClN4O/c1-8(15)6-9-7-10(14)2-3-12(9)18-5-4-11(17-18)13(16)19/h2-5,7-8H,6,15H2,1H3,(H2,16,19). The minimum absolute atomic E-state index is 0.00314.